The van der Waals surface area contributed by atoms with Crippen molar-refractivity contribution in [1.29, 1.82) is 0 Å². The lowest BCUT2D eigenvalue weighted by atomic mass is 10.0. The van der Waals surface area contributed by atoms with Gasteiger partial charge in [0.1, 0.15) is 5.38 Å². The van der Waals surface area contributed by atoms with E-state index in [1.807, 2.05) is 0 Å². The van der Waals surface area contributed by atoms with Crippen LogP contribution in [0.25, 0.3) is 0 Å². The van der Waals surface area contributed by atoms with E-state index >= 15 is 0 Å². The van der Waals surface area contributed by atoms with Crippen LogP contribution >= 0.6 is 11.6 Å². The molecule has 0 saturated carbocycles. The van der Waals surface area contributed by atoms with E-state index in [-0.39, 0.29) is 0 Å². The summed E-state index contributed by atoms with van der Waals surface area (Å²) < 4.78 is 8.90. The van der Waals surface area contributed by atoms with Crippen molar-refractivity contribution in [3.05, 3.63) is 0 Å². The average Bonchev–Trinajstić information content (AvgIpc) is 2.17. The monoisotopic (exact) mass is 208 g/mol. The van der Waals surface area contributed by atoms with Crippen molar-refractivity contribution < 1.29 is 19.1 Å². The van der Waals surface area contributed by atoms with E-state index in [1.165, 1.54) is 14.2 Å². The minimum absolute atomic E-state index is 0.440. The molecule has 0 saturated heterocycles. The number of esters is 2. The third-order valence-corrected chi connectivity index (χ3v) is 2.21. The van der Waals surface area contributed by atoms with Crippen LogP contribution in [0.3, 0.4) is 0 Å². The van der Waals surface area contributed by atoms with Crippen molar-refractivity contribution in [2.75, 3.05) is 14.2 Å². The van der Waals surface area contributed by atoms with Crippen LogP contribution in [0, 0.1) is 5.92 Å². The van der Waals surface area contributed by atoms with Gasteiger partial charge in [-0.1, -0.05) is 6.92 Å². The Labute approximate surface area is 82.1 Å². The molecule has 0 aliphatic rings. The summed E-state index contributed by atoms with van der Waals surface area (Å²) >= 11 is 5.70. The molecule has 0 heterocycles. The number of ether oxygens (including phenoxy) is 2. The summed E-state index contributed by atoms with van der Waals surface area (Å²) in [5, 5.41) is -0.970. The SMILES string of the molecule is CCC(C(=O)OC)C(Cl)C(=O)OC. The Morgan fingerprint density at radius 2 is 1.69 bits per heavy atom. The highest BCUT2D eigenvalue weighted by molar-refractivity contribution is 6.31. The molecular weight excluding hydrogens is 196 g/mol. The van der Waals surface area contributed by atoms with Crippen LogP contribution in [0.2, 0.25) is 0 Å². The fourth-order valence-electron chi connectivity index (χ4n) is 0.921. The second kappa shape index (κ2) is 5.80. The third kappa shape index (κ3) is 3.22. The molecule has 0 rings (SSSR count). The van der Waals surface area contributed by atoms with Crippen LogP contribution in [0.1, 0.15) is 13.3 Å². The Morgan fingerprint density at radius 1 is 1.23 bits per heavy atom. The van der Waals surface area contributed by atoms with E-state index in [9.17, 15) is 9.59 Å². The first-order chi connectivity index (χ1) is 6.08. The molecule has 13 heavy (non-hydrogen) atoms. The molecule has 0 aromatic rings. The number of alkyl halides is 1. The quantitative estimate of drug-likeness (QED) is 0.510. The van der Waals surface area contributed by atoms with Gasteiger partial charge in [-0.25, -0.2) is 0 Å². The normalized spacial score (nSPS) is 14.5. The fraction of sp³-hybridized carbons (Fsp3) is 0.750. The number of hydrogen-bond acceptors (Lipinski definition) is 4. The Balaban J connectivity index is 4.39. The van der Waals surface area contributed by atoms with Gasteiger partial charge in [0.05, 0.1) is 20.1 Å². The molecule has 0 bridgehead atoms. The molecule has 4 nitrogen and oxygen atoms in total. The molecule has 0 radical (unpaired) electrons. The van der Waals surface area contributed by atoms with Gasteiger partial charge >= 0.3 is 11.9 Å². The maximum atomic E-state index is 11.1. The number of rotatable bonds is 4. The van der Waals surface area contributed by atoms with E-state index in [0.29, 0.717) is 6.42 Å². The summed E-state index contributed by atoms with van der Waals surface area (Å²) in [6, 6.07) is 0. The van der Waals surface area contributed by atoms with Crippen LogP contribution < -0.4 is 0 Å². The first kappa shape index (κ1) is 12.2. The number of carbonyl (C=O) groups excluding carboxylic acids is 2. The molecule has 0 aliphatic carbocycles. The van der Waals surface area contributed by atoms with Crippen molar-refractivity contribution in [2.24, 2.45) is 5.92 Å². The summed E-state index contributed by atoms with van der Waals surface area (Å²) in [5.41, 5.74) is 0. The van der Waals surface area contributed by atoms with Gasteiger partial charge in [0, 0.05) is 0 Å². The second-order valence-corrected chi connectivity index (χ2v) is 2.93. The van der Waals surface area contributed by atoms with E-state index in [1.54, 1.807) is 6.92 Å². The number of carbonyl (C=O) groups is 2. The Kier molecular flexibility index (Phi) is 5.46. The van der Waals surface area contributed by atoms with Crippen LogP contribution in [0.5, 0.6) is 0 Å². The van der Waals surface area contributed by atoms with Crippen LogP contribution in [-0.2, 0) is 19.1 Å². The fourth-order valence-corrected chi connectivity index (χ4v) is 1.29. The minimum Gasteiger partial charge on any atom is -0.469 e. The molecule has 0 amide bonds. The third-order valence-electron chi connectivity index (χ3n) is 1.72. The van der Waals surface area contributed by atoms with Gasteiger partial charge in [-0.05, 0) is 6.42 Å². The lowest BCUT2D eigenvalue weighted by molar-refractivity contribution is -0.151. The maximum Gasteiger partial charge on any atom is 0.324 e. The van der Waals surface area contributed by atoms with Crippen molar-refractivity contribution in [3.8, 4) is 0 Å². The maximum absolute atomic E-state index is 11.1. The smallest absolute Gasteiger partial charge is 0.324 e. The van der Waals surface area contributed by atoms with Gasteiger partial charge in [0.25, 0.3) is 0 Å². The zero-order chi connectivity index (χ0) is 10.4. The van der Waals surface area contributed by atoms with Crippen molar-refractivity contribution in [1.82, 2.24) is 0 Å². The van der Waals surface area contributed by atoms with Gasteiger partial charge in [0.2, 0.25) is 0 Å². The molecule has 0 spiro atoms. The zero-order valence-electron chi connectivity index (χ0n) is 7.87. The standard InChI is InChI=1S/C8H13ClO4/c1-4-5(7(10)12-2)6(9)8(11)13-3/h5-6H,4H2,1-3H3. The summed E-state index contributed by atoms with van der Waals surface area (Å²) in [6.45, 7) is 1.75. The molecule has 76 valence electrons. The highest BCUT2D eigenvalue weighted by atomic mass is 35.5. The van der Waals surface area contributed by atoms with Gasteiger partial charge in [-0.3, -0.25) is 9.59 Å². The summed E-state index contributed by atoms with van der Waals surface area (Å²) in [6.07, 6.45) is 0.440. The number of hydrogen-bond donors (Lipinski definition) is 0. The first-order valence-corrected chi connectivity index (χ1v) is 4.31. The van der Waals surface area contributed by atoms with Crippen molar-refractivity contribution >= 4 is 23.5 Å². The molecule has 2 unspecified atom stereocenters. The zero-order valence-corrected chi connectivity index (χ0v) is 8.63. The highest BCUT2D eigenvalue weighted by Crippen LogP contribution is 2.17. The molecule has 5 heteroatoms. The molecule has 0 fully saturated rings. The van der Waals surface area contributed by atoms with E-state index in [2.05, 4.69) is 9.47 Å². The van der Waals surface area contributed by atoms with Crippen LogP contribution in [0.4, 0.5) is 0 Å². The molecule has 0 aromatic carbocycles. The summed E-state index contributed by atoms with van der Waals surface area (Å²) in [7, 11) is 2.48. The molecule has 2 atom stereocenters. The topological polar surface area (TPSA) is 52.6 Å². The molecular formula is C8H13ClO4. The predicted octanol–water partition coefficient (Wildman–Crippen LogP) is 0.966. The van der Waals surface area contributed by atoms with Gasteiger partial charge < -0.3 is 9.47 Å². The molecule has 0 aromatic heterocycles. The lowest BCUT2D eigenvalue weighted by Gasteiger charge is -2.15. The lowest BCUT2D eigenvalue weighted by Crippen LogP contribution is -2.32. The summed E-state index contributed by atoms with van der Waals surface area (Å²) in [5.74, 6) is -1.74. The Bertz CT molecular complexity index is 193. The average molecular weight is 209 g/mol. The Morgan fingerprint density at radius 3 is 2.00 bits per heavy atom. The number of methoxy groups -OCH3 is 2. The predicted molar refractivity (Wildman–Crippen MR) is 47.5 cm³/mol. The first-order valence-electron chi connectivity index (χ1n) is 3.88. The van der Waals surface area contributed by atoms with Crippen molar-refractivity contribution in [2.45, 2.75) is 18.7 Å². The van der Waals surface area contributed by atoms with Crippen molar-refractivity contribution in [3.63, 3.8) is 0 Å². The van der Waals surface area contributed by atoms with Gasteiger partial charge in [-0.15, -0.1) is 11.6 Å². The largest absolute Gasteiger partial charge is 0.469 e. The van der Waals surface area contributed by atoms with E-state index in [0.717, 1.165) is 0 Å². The van der Waals surface area contributed by atoms with Gasteiger partial charge in [-0.2, -0.15) is 0 Å². The number of halogens is 1. The highest BCUT2D eigenvalue weighted by Gasteiger charge is 2.32. The molecule has 0 aliphatic heterocycles. The Hall–Kier alpha value is -0.770. The summed E-state index contributed by atoms with van der Waals surface area (Å²) in [4.78, 5) is 22.1. The van der Waals surface area contributed by atoms with Gasteiger partial charge in [0.15, 0.2) is 0 Å². The second-order valence-electron chi connectivity index (χ2n) is 2.46. The van der Waals surface area contributed by atoms with E-state index in [4.69, 9.17) is 11.6 Å². The van der Waals surface area contributed by atoms with Crippen LogP contribution in [0.15, 0.2) is 0 Å². The molecule has 0 N–H and O–H groups in total. The minimum atomic E-state index is -0.970. The van der Waals surface area contributed by atoms with Crippen LogP contribution in [-0.4, -0.2) is 31.5 Å². The van der Waals surface area contributed by atoms with E-state index < -0.39 is 23.2 Å².